The highest BCUT2D eigenvalue weighted by atomic mass is 15.2. The van der Waals surface area contributed by atoms with Crippen molar-refractivity contribution in [2.75, 3.05) is 26.2 Å². The van der Waals surface area contributed by atoms with Gasteiger partial charge in [-0.05, 0) is 29.4 Å². The molecule has 2 heteroatoms. The molecule has 2 rings (SSSR count). The highest BCUT2D eigenvalue weighted by Crippen LogP contribution is 2.36. The molecule has 3 unspecified atom stereocenters. The molecular weight excluding hydrogens is 256 g/mol. The molecule has 1 aliphatic rings. The van der Waals surface area contributed by atoms with E-state index in [1.54, 1.807) is 0 Å². The van der Waals surface area contributed by atoms with Gasteiger partial charge in [-0.3, -0.25) is 0 Å². The van der Waals surface area contributed by atoms with Gasteiger partial charge in [0.15, 0.2) is 0 Å². The predicted molar refractivity (Wildman–Crippen MR) is 91.4 cm³/mol. The molecule has 1 saturated heterocycles. The van der Waals surface area contributed by atoms with Gasteiger partial charge in [-0.2, -0.15) is 0 Å². The normalized spacial score (nSPS) is 25.2. The summed E-state index contributed by atoms with van der Waals surface area (Å²) >= 11 is 0. The second kappa shape index (κ2) is 6.93. The number of hydrogen-bond acceptors (Lipinski definition) is 2. The van der Waals surface area contributed by atoms with Crippen molar-refractivity contribution >= 4 is 0 Å². The fourth-order valence-electron chi connectivity index (χ4n) is 3.74. The fourth-order valence-corrected chi connectivity index (χ4v) is 3.74. The molecule has 21 heavy (non-hydrogen) atoms. The highest BCUT2D eigenvalue weighted by molar-refractivity contribution is 5.21. The van der Waals surface area contributed by atoms with Gasteiger partial charge in [-0.1, -0.05) is 65.0 Å². The number of nitrogens with zero attached hydrogens (tertiary/aromatic N) is 1. The maximum absolute atomic E-state index is 3.71. The van der Waals surface area contributed by atoms with Gasteiger partial charge < -0.3 is 10.2 Å². The Balaban J connectivity index is 2.11. The Kier molecular flexibility index (Phi) is 5.45. The molecule has 118 valence electrons. The van der Waals surface area contributed by atoms with E-state index in [0.29, 0.717) is 6.04 Å². The SMILES string of the molecule is CCNC(c1ccccc1)C(C)(C)CN1CC(C)C(C)C1. The summed E-state index contributed by atoms with van der Waals surface area (Å²) in [7, 11) is 0. The van der Waals surface area contributed by atoms with E-state index in [0.717, 1.165) is 24.9 Å². The van der Waals surface area contributed by atoms with Crippen molar-refractivity contribution < 1.29 is 0 Å². The summed E-state index contributed by atoms with van der Waals surface area (Å²) in [5.41, 5.74) is 1.63. The molecule has 1 aromatic rings. The van der Waals surface area contributed by atoms with Crippen LogP contribution in [0.25, 0.3) is 0 Å². The average Bonchev–Trinajstić information content (AvgIpc) is 2.74. The minimum atomic E-state index is 0.223. The maximum atomic E-state index is 3.71. The van der Waals surface area contributed by atoms with Crippen molar-refractivity contribution in [3.8, 4) is 0 Å². The van der Waals surface area contributed by atoms with Gasteiger partial charge in [-0.15, -0.1) is 0 Å². The van der Waals surface area contributed by atoms with E-state index in [1.165, 1.54) is 18.7 Å². The van der Waals surface area contributed by atoms with Gasteiger partial charge in [0, 0.05) is 25.7 Å². The van der Waals surface area contributed by atoms with Crippen LogP contribution in [0.2, 0.25) is 0 Å². The number of nitrogens with one attached hydrogen (secondary N) is 1. The minimum absolute atomic E-state index is 0.223. The number of rotatable bonds is 6. The minimum Gasteiger partial charge on any atom is -0.310 e. The molecule has 1 N–H and O–H groups in total. The molecule has 1 aliphatic heterocycles. The van der Waals surface area contributed by atoms with Gasteiger partial charge >= 0.3 is 0 Å². The van der Waals surface area contributed by atoms with Gasteiger partial charge in [0.25, 0.3) is 0 Å². The molecule has 0 amide bonds. The van der Waals surface area contributed by atoms with Crippen LogP contribution in [0.5, 0.6) is 0 Å². The Morgan fingerprint density at radius 3 is 2.24 bits per heavy atom. The van der Waals surface area contributed by atoms with Crippen molar-refractivity contribution in [1.82, 2.24) is 10.2 Å². The van der Waals surface area contributed by atoms with Crippen LogP contribution in [0.3, 0.4) is 0 Å². The molecular formula is C19H32N2. The van der Waals surface area contributed by atoms with E-state index >= 15 is 0 Å². The summed E-state index contributed by atoms with van der Waals surface area (Å²) in [5.74, 6) is 1.66. The topological polar surface area (TPSA) is 15.3 Å². The first-order chi connectivity index (χ1) is 9.94. The summed E-state index contributed by atoms with van der Waals surface area (Å²) in [6.45, 7) is 16.4. The summed E-state index contributed by atoms with van der Waals surface area (Å²) in [4.78, 5) is 2.66. The summed E-state index contributed by atoms with van der Waals surface area (Å²) in [6.07, 6.45) is 0. The Morgan fingerprint density at radius 1 is 1.14 bits per heavy atom. The standard InChI is InChI=1S/C19H32N2/c1-6-20-18(17-10-8-7-9-11-17)19(4,5)14-21-12-15(2)16(3)13-21/h7-11,15-16,18,20H,6,12-14H2,1-5H3. The lowest BCUT2D eigenvalue weighted by molar-refractivity contribution is 0.153. The van der Waals surface area contributed by atoms with E-state index in [9.17, 15) is 0 Å². The lowest BCUT2D eigenvalue weighted by Gasteiger charge is -2.38. The Hall–Kier alpha value is -0.860. The van der Waals surface area contributed by atoms with Crippen molar-refractivity contribution in [2.45, 2.75) is 40.7 Å². The first kappa shape index (κ1) is 16.5. The predicted octanol–water partition coefficient (Wildman–Crippen LogP) is 3.95. The second-order valence-electron chi connectivity index (χ2n) is 7.54. The molecule has 1 heterocycles. The second-order valence-corrected chi connectivity index (χ2v) is 7.54. The van der Waals surface area contributed by atoms with E-state index in [-0.39, 0.29) is 5.41 Å². The van der Waals surface area contributed by atoms with Crippen molar-refractivity contribution in [2.24, 2.45) is 17.3 Å². The Bertz CT molecular complexity index is 416. The molecule has 0 spiro atoms. The van der Waals surface area contributed by atoms with E-state index in [4.69, 9.17) is 0 Å². The summed E-state index contributed by atoms with van der Waals surface area (Å²) in [5, 5.41) is 3.71. The number of hydrogen-bond donors (Lipinski definition) is 1. The van der Waals surface area contributed by atoms with Gasteiger partial charge in [0.05, 0.1) is 0 Å². The summed E-state index contributed by atoms with van der Waals surface area (Å²) in [6, 6.07) is 11.3. The third-order valence-electron chi connectivity index (χ3n) is 5.02. The first-order valence-corrected chi connectivity index (χ1v) is 8.44. The largest absolute Gasteiger partial charge is 0.310 e. The lowest BCUT2D eigenvalue weighted by atomic mass is 9.79. The van der Waals surface area contributed by atoms with E-state index < -0.39 is 0 Å². The third-order valence-corrected chi connectivity index (χ3v) is 5.02. The van der Waals surface area contributed by atoms with Crippen LogP contribution in [0.1, 0.15) is 46.2 Å². The first-order valence-electron chi connectivity index (χ1n) is 8.44. The van der Waals surface area contributed by atoms with Crippen LogP contribution >= 0.6 is 0 Å². The molecule has 0 aliphatic carbocycles. The zero-order chi connectivity index (χ0) is 15.5. The van der Waals surface area contributed by atoms with E-state index in [2.05, 4.69) is 75.2 Å². The zero-order valence-electron chi connectivity index (χ0n) is 14.4. The number of likely N-dealkylation sites (tertiary alicyclic amines) is 1. The molecule has 0 bridgehead atoms. The maximum Gasteiger partial charge on any atom is 0.0384 e. The molecule has 0 saturated carbocycles. The van der Waals surface area contributed by atoms with Crippen LogP contribution in [0.15, 0.2) is 30.3 Å². The highest BCUT2D eigenvalue weighted by Gasteiger charge is 2.35. The third kappa shape index (κ3) is 4.08. The average molecular weight is 288 g/mol. The van der Waals surface area contributed by atoms with Crippen molar-refractivity contribution in [3.05, 3.63) is 35.9 Å². The quantitative estimate of drug-likeness (QED) is 0.852. The summed E-state index contributed by atoms with van der Waals surface area (Å²) < 4.78 is 0. The molecule has 0 radical (unpaired) electrons. The fraction of sp³-hybridized carbons (Fsp3) is 0.684. The van der Waals surface area contributed by atoms with Gasteiger partial charge in [0.1, 0.15) is 0 Å². The zero-order valence-corrected chi connectivity index (χ0v) is 14.4. The molecule has 0 aromatic heterocycles. The van der Waals surface area contributed by atoms with Crippen molar-refractivity contribution in [1.29, 1.82) is 0 Å². The Labute approximate surface area is 130 Å². The Morgan fingerprint density at radius 2 is 1.71 bits per heavy atom. The van der Waals surface area contributed by atoms with Crippen LogP contribution in [-0.4, -0.2) is 31.1 Å². The van der Waals surface area contributed by atoms with Crippen molar-refractivity contribution in [3.63, 3.8) is 0 Å². The van der Waals surface area contributed by atoms with Crippen LogP contribution in [-0.2, 0) is 0 Å². The molecule has 2 nitrogen and oxygen atoms in total. The van der Waals surface area contributed by atoms with E-state index in [1.807, 2.05) is 0 Å². The smallest absolute Gasteiger partial charge is 0.0384 e. The van der Waals surface area contributed by atoms with Crippen LogP contribution in [0.4, 0.5) is 0 Å². The number of benzene rings is 1. The lowest BCUT2D eigenvalue weighted by Crippen LogP contribution is -2.42. The molecule has 1 fully saturated rings. The molecule has 1 aromatic carbocycles. The molecule has 3 atom stereocenters. The van der Waals surface area contributed by atoms with Crippen LogP contribution < -0.4 is 5.32 Å². The van der Waals surface area contributed by atoms with Crippen LogP contribution in [0, 0.1) is 17.3 Å². The van der Waals surface area contributed by atoms with Gasteiger partial charge in [0.2, 0.25) is 0 Å². The van der Waals surface area contributed by atoms with Gasteiger partial charge in [-0.25, -0.2) is 0 Å². The monoisotopic (exact) mass is 288 g/mol.